The predicted molar refractivity (Wildman–Crippen MR) is 46.9 cm³/mol. The van der Waals surface area contributed by atoms with Crippen molar-refractivity contribution in [2.75, 3.05) is 0 Å². The maximum absolute atomic E-state index is 5.36. The van der Waals surface area contributed by atoms with Gasteiger partial charge in [0, 0.05) is 18.8 Å². The molecule has 2 aromatic heterocycles. The average Bonchev–Trinajstić information content (AvgIpc) is 2.67. The molecule has 0 spiro atoms. The van der Waals surface area contributed by atoms with Gasteiger partial charge in [0.1, 0.15) is 0 Å². The van der Waals surface area contributed by atoms with E-state index in [1.54, 1.807) is 12.4 Å². The first kappa shape index (κ1) is 7.91. The number of aryl methyl sites for hydroxylation is 1. The molecule has 0 aliphatic rings. The first-order valence-electron chi connectivity index (χ1n) is 4.13. The van der Waals surface area contributed by atoms with Gasteiger partial charge in [0.2, 0.25) is 11.8 Å². The Kier molecular flexibility index (Phi) is 2.04. The molecule has 4 heteroatoms. The molecule has 2 aromatic rings. The Bertz CT molecular complexity index is 383. The van der Waals surface area contributed by atoms with Crippen LogP contribution in [-0.2, 0) is 6.42 Å². The molecule has 0 aromatic carbocycles. The molecular formula is C9H9N3O. The number of rotatable bonds is 2. The number of hydrogen-bond acceptors (Lipinski definition) is 4. The van der Waals surface area contributed by atoms with Crippen LogP contribution in [0.1, 0.15) is 12.8 Å². The van der Waals surface area contributed by atoms with Crippen LogP contribution in [0.15, 0.2) is 28.9 Å². The van der Waals surface area contributed by atoms with Crippen LogP contribution in [-0.4, -0.2) is 15.2 Å². The van der Waals surface area contributed by atoms with E-state index in [1.165, 1.54) is 0 Å². The van der Waals surface area contributed by atoms with Crippen molar-refractivity contribution < 1.29 is 4.42 Å². The largest absolute Gasteiger partial charge is 0.421 e. The fourth-order valence-corrected chi connectivity index (χ4v) is 1.00. The molecule has 2 rings (SSSR count). The first-order chi connectivity index (χ1) is 6.40. The number of aromatic nitrogens is 3. The fourth-order valence-electron chi connectivity index (χ4n) is 1.00. The zero-order valence-electron chi connectivity index (χ0n) is 7.27. The number of pyridine rings is 1. The van der Waals surface area contributed by atoms with Crippen LogP contribution in [0.5, 0.6) is 0 Å². The smallest absolute Gasteiger partial charge is 0.249 e. The predicted octanol–water partition coefficient (Wildman–Crippen LogP) is 1.69. The van der Waals surface area contributed by atoms with Crippen LogP contribution >= 0.6 is 0 Å². The summed E-state index contributed by atoms with van der Waals surface area (Å²) >= 11 is 0. The SMILES string of the molecule is CCc1nnc(-c2cccnc2)o1. The molecule has 0 aliphatic heterocycles. The lowest BCUT2D eigenvalue weighted by Gasteiger charge is -1.90. The van der Waals surface area contributed by atoms with E-state index in [9.17, 15) is 0 Å². The van der Waals surface area contributed by atoms with Gasteiger partial charge in [-0.3, -0.25) is 4.98 Å². The van der Waals surface area contributed by atoms with Crippen LogP contribution in [0.2, 0.25) is 0 Å². The van der Waals surface area contributed by atoms with E-state index in [0.29, 0.717) is 11.8 Å². The average molecular weight is 175 g/mol. The summed E-state index contributed by atoms with van der Waals surface area (Å²) in [5, 5.41) is 7.77. The Balaban J connectivity index is 2.36. The minimum absolute atomic E-state index is 0.532. The van der Waals surface area contributed by atoms with Crippen molar-refractivity contribution in [1.82, 2.24) is 15.2 Å². The topological polar surface area (TPSA) is 51.8 Å². The molecule has 2 heterocycles. The summed E-state index contributed by atoms with van der Waals surface area (Å²) in [6.45, 7) is 1.97. The maximum Gasteiger partial charge on any atom is 0.249 e. The molecule has 66 valence electrons. The molecule has 4 nitrogen and oxygen atoms in total. The standard InChI is InChI=1S/C9H9N3O/c1-2-8-11-12-9(13-8)7-4-3-5-10-6-7/h3-6H,2H2,1H3. The quantitative estimate of drug-likeness (QED) is 0.697. The van der Waals surface area contributed by atoms with Gasteiger partial charge in [0.05, 0.1) is 5.56 Å². The molecule has 0 aliphatic carbocycles. The summed E-state index contributed by atoms with van der Waals surface area (Å²) < 4.78 is 5.36. The summed E-state index contributed by atoms with van der Waals surface area (Å²) in [7, 11) is 0. The molecule has 0 atom stereocenters. The van der Waals surface area contributed by atoms with Crippen LogP contribution in [0.25, 0.3) is 11.5 Å². The molecule has 0 N–H and O–H groups in total. The number of nitrogens with zero attached hydrogens (tertiary/aromatic N) is 3. The molecule has 0 amide bonds. The van der Waals surface area contributed by atoms with E-state index in [2.05, 4.69) is 15.2 Å². The first-order valence-corrected chi connectivity index (χ1v) is 4.13. The van der Waals surface area contributed by atoms with Gasteiger partial charge in [-0.1, -0.05) is 6.92 Å². The lowest BCUT2D eigenvalue weighted by molar-refractivity contribution is 0.512. The second-order valence-corrected chi connectivity index (χ2v) is 2.60. The summed E-state index contributed by atoms with van der Waals surface area (Å²) in [6, 6.07) is 3.73. The van der Waals surface area contributed by atoms with Crippen molar-refractivity contribution in [1.29, 1.82) is 0 Å². The van der Waals surface area contributed by atoms with Crippen LogP contribution in [0.3, 0.4) is 0 Å². The van der Waals surface area contributed by atoms with Crippen molar-refractivity contribution in [2.24, 2.45) is 0 Å². The van der Waals surface area contributed by atoms with Crippen LogP contribution in [0.4, 0.5) is 0 Å². The molecule has 0 saturated carbocycles. The summed E-state index contributed by atoms with van der Waals surface area (Å²) in [6.07, 6.45) is 4.17. The summed E-state index contributed by atoms with van der Waals surface area (Å²) in [4.78, 5) is 3.97. The third-order valence-electron chi connectivity index (χ3n) is 1.68. The molecule has 0 unspecified atom stereocenters. The monoisotopic (exact) mass is 175 g/mol. The highest BCUT2D eigenvalue weighted by atomic mass is 16.4. The van der Waals surface area contributed by atoms with E-state index < -0.39 is 0 Å². The maximum atomic E-state index is 5.36. The third kappa shape index (κ3) is 1.56. The number of hydrogen-bond donors (Lipinski definition) is 0. The van der Waals surface area contributed by atoms with Crippen molar-refractivity contribution in [3.05, 3.63) is 30.4 Å². The second-order valence-electron chi connectivity index (χ2n) is 2.60. The Labute approximate surface area is 75.6 Å². The highest BCUT2D eigenvalue weighted by Gasteiger charge is 2.05. The van der Waals surface area contributed by atoms with Gasteiger partial charge in [0.25, 0.3) is 0 Å². The van der Waals surface area contributed by atoms with Gasteiger partial charge in [-0.05, 0) is 12.1 Å². The molecule has 0 fully saturated rings. The van der Waals surface area contributed by atoms with Crippen molar-refractivity contribution >= 4 is 0 Å². The van der Waals surface area contributed by atoms with E-state index in [4.69, 9.17) is 4.42 Å². The normalized spacial score (nSPS) is 10.2. The van der Waals surface area contributed by atoms with Gasteiger partial charge in [-0.2, -0.15) is 0 Å². The fraction of sp³-hybridized carbons (Fsp3) is 0.222. The van der Waals surface area contributed by atoms with Crippen LogP contribution in [0, 0.1) is 0 Å². The molecule has 0 radical (unpaired) electrons. The van der Waals surface area contributed by atoms with Gasteiger partial charge in [-0.15, -0.1) is 10.2 Å². The summed E-state index contributed by atoms with van der Waals surface area (Å²) in [5.74, 6) is 1.18. The Morgan fingerprint density at radius 3 is 2.92 bits per heavy atom. The second kappa shape index (κ2) is 3.35. The van der Waals surface area contributed by atoms with Crippen molar-refractivity contribution in [3.8, 4) is 11.5 Å². The van der Waals surface area contributed by atoms with E-state index in [1.807, 2.05) is 19.1 Å². The Hall–Kier alpha value is -1.71. The Morgan fingerprint density at radius 1 is 1.38 bits per heavy atom. The molecular weight excluding hydrogens is 166 g/mol. The minimum atomic E-state index is 0.532. The molecule has 0 saturated heterocycles. The van der Waals surface area contributed by atoms with Gasteiger partial charge >= 0.3 is 0 Å². The zero-order chi connectivity index (χ0) is 9.10. The molecule has 0 bridgehead atoms. The lowest BCUT2D eigenvalue weighted by Crippen LogP contribution is -1.78. The zero-order valence-corrected chi connectivity index (χ0v) is 7.27. The van der Waals surface area contributed by atoms with Crippen molar-refractivity contribution in [2.45, 2.75) is 13.3 Å². The lowest BCUT2D eigenvalue weighted by atomic mass is 10.3. The van der Waals surface area contributed by atoms with E-state index in [0.717, 1.165) is 12.0 Å². The van der Waals surface area contributed by atoms with Gasteiger partial charge in [0.15, 0.2) is 0 Å². The van der Waals surface area contributed by atoms with Crippen molar-refractivity contribution in [3.63, 3.8) is 0 Å². The minimum Gasteiger partial charge on any atom is -0.421 e. The van der Waals surface area contributed by atoms with Crippen LogP contribution < -0.4 is 0 Å². The van der Waals surface area contributed by atoms with Gasteiger partial charge < -0.3 is 4.42 Å². The Morgan fingerprint density at radius 2 is 2.31 bits per heavy atom. The highest BCUT2D eigenvalue weighted by molar-refractivity contribution is 5.49. The molecule has 13 heavy (non-hydrogen) atoms. The van der Waals surface area contributed by atoms with Gasteiger partial charge in [-0.25, -0.2) is 0 Å². The highest BCUT2D eigenvalue weighted by Crippen LogP contribution is 2.15. The van der Waals surface area contributed by atoms with E-state index >= 15 is 0 Å². The third-order valence-corrected chi connectivity index (χ3v) is 1.68. The summed E-state index contributed by atoms with van der Waals surface area (Å²) in [5.41, 5.74) is 0.856. The van der Waals surface area contributed by atoms with E-state index in [-0.39, 0.29) is 0 Å².